The lowest BCUT2D eigenvalue weighted by molar-refractivity contribution is 0.101. The molecule has 0 radical (unpaired) electrons. The zero-order chi connectivity index (χ0) is 23.7. The van der Waals surface area contributed by atoms with E-state index in [0.29, 0.717) is 18.8 Å². The summed E-state index contributed by atoms with van der Waals surface area (Å²) in [6.07, 6.45) is 4.68. The molecule has 1 amide bonds. The van der Waals surface area contributed by atoms with E-state index in [4.69, 9.17) is 11.6 Å². The van der Waals surface area contributed by atoms with Crippen LogP contribution in [0.5, 0.6) is 0 Å². The second kappa shape index (κ2) is 9.35. The Morgan fingerprint density at radius 3 is 2.41 bits per heavy atom. The van der Waals surface area contributed by atoms with E-state index in [9.17, 15) is 9.59 Å². The van der Waals surface area contributed by atoms with E-state index in [1.807, 2.05) is 23.1 Å². The van der Waals surface area contributed by atoms with E-state index >= 15 is 0 Å². The number of halogens is 1. The Bertz CT molecular complexity index is 1200. The van der Waals surface area contributed by atoms with Crippen molar-refractivity contribution in [1.82, 2.24) is 19.6 Å². The van der Waals surface area contributed by atoms with Gasteiger partial charge in [-0.3, -0.25) is 9.69 Å². The third-order valence-electron chi connectivity index (χ3n) is 7.32. The van der Waals surface area contributed by atoms with Gasteiger partial charge in [-0.1, -0.05) is 60.1 Å². The van der Waals surface area contributed by atoms with Crippen LogP contribution in [0.3, 0.4) is 0 Å². The first kappa shape index (κ1) is 22.8. The van der Waals surface area contributed by atoms with Gasteiger partial charge in [-0.25, -0.2) is 4.79 Å². The molecule has 1 spiro atoms. The maximum absolute atomic E-state index is 12.8. The second-order valence-electron chi connectivity index (χ2n) is 9.58. The molecule has 176 valence electrons. The van der Waals surface area contributed by atoms with Gasteiger partial charge in [0.1, 0.15) is 5.69 Å². The summed E-state index contributed by atoms with van der Waals surface area (Å²) in [5.74, 6) is -0.135. The number of nitrogens with zero attached hydrogens (tertiary/aromatic N) is 4. The maximum Gasteiger partial charge on any atom is 0.344 e. The highest BCUT2D eigenvalue weighted by Crippen LogP contribution is 2.41. The minimum absolute atomic E-state index is 0.135. The van der Waals surface area contributed by atoms with E-state index in [-0.39, 0.29) is 17.2 Å². The fourth-order valence-corrected chi connectivity index (χ4v) is 5.58. The zero-order valence-corrected chi connectivity index (χ0v) is 20.2. The number of piperidine rings is 1. The molecule has 5 rings (SSSR count). The quantitative estimate of drug-likeness (QED) is 0.475. The van der Waals surface area contributed by atoms with Crippen molar-refractivity contribution >= 4 is 23.4 Å². The summed E-state index contributed by atoms with van der Waals surface area (Å²) < 4.78 is 1.29. The molecule has 34 heavy (non-hydrogen) atoms. The Balaban J connectivity index is 1.21. The smallest absolute Gasteiger partial charge is 0.323 e. The molecule has 0 saturated carbocycles. The maximum atomic E-state index is 12.8. The van der Waals surface area contributed by atoms with Gasteiger partial charge < -0.3 is 4.90 Å². The topological polar surface area (TPSA) is 58.4 Å². The Morgan fingerprint density at radius 1 is 0.971 bits per heavy atom. The Morgan fingerprint density at radius 2 is 1.71 bits per heavy atom. The summed E-state index contributed by atoms with van der Waals surface area (Å²) in [6, 6.07) is 18.0. The average Bonchev–Trinajstić information content (AvgIpc) is 3.49. The average molecular weight is 477 g/mol. The summed E-state index contributed by atoms with van der Waals surface area (Å²) in [5, 5.41) is 4.96. The van der Waals surface area contributed by atoms with Crippen LogP contribution in [0.1, 0.15) is 42.2 Å². The number of Topliss-reactive ketones (excluding diaryl/α,β-unsaturated/α-hetero) is 1. The van der Waals surface area contributed by atoms with Crippen molar-refractivity contribution in [1.29, 1.82) is 0 Å². The lowest BCUT2D eigenvalue weighted by Gasteiger charge is -2.39. The fourth-order valence-electron chi connectivity index (χ4n) is 5.29. The van der Waals surface area contributed by atoms with Crippen LogP contribution < -0.4 is 0 Å². The summed E-state index contributed by atoms with van der Waals surface area (Å²) >= 11 is 6.83. The number of aromatic nitrogens is 2. The molecule has 2 fully saturated rings. The van der Waals surface area contributed by atoms with Gasteiger partial charge in [-0.15, -0.1) is 0 Å². The molecule has 3 heterocycles. The molecule has 6 nitrogen and oxygen atoms in total. The monoisotopic (exact) mass is 476 g/mol. The van der Waals surface area contributed by atoms with Crippen LogP contribution >= 0.6 is 11.6 Å². The van der Waals surface area contributed by atoms with E-state index in [1.54, 1.807) is 12.3 Å². The molecule has 2 aromatic carbocycles. The Kier molecular flexibility index (Phi) is 6.28. The summed E-state index contributed by atoms with van der Waals surface area (Å²) in [6.45, 7) is 5.79. The molecule has 3 aromatic rings. The lowest BCUT2D eigenvalue weighted by Crippen LogP contribution is -2.45. The zero-order valence-electron chi connectivity index (χ0n) is 19.4. The number of carbonyl (C=O) groups excluding carboxylic acids is 2. The van der Waals surface area contributed by atoms with Crippen molar-refractivity contribution in [2.24, 2.45) is 5.41 Å². The number of rotatable bonds is 4. The normalized spacial score (nSPS) is 17.9. The number of carbonyl (C=O) groups is 2. The van der Waals surface area contributed by atoms with Gasteiger partial charge in [0, 0.05) is 44.9 Å². The van der Waals surface area contributed by atoms with Crippen molar-refractivity contribution < 1.29 is 9.59 Å². The Hall–Kier alpha value is -2.96. The molecule has 2 saturated heterocycles. The molecular formula is C27H29ClN4O2. The van der Waals surface area contributed by atoms with Crippen LogP contribution in [0.25, 0.3) is 11.1 Å². The van der Waals surface area contributed by atoms with Gasteiger partial charge in [-0.2, -0.15) is 9.78 Å². The summed E-state index contributed by atoms with van der Waals surface area (Å²) in [4.78, 5) is 28.7. The van der Waals surface area contributed by atoms with Crippen molar-refractivity contribution in [3.8, 4) is 11.1 Å². The van der Waals surface area contributed by atoms with E-state index in [1.165, 1.54) is 11.6 Å². The molecule has 2 aliphatic heterocycles. The number of amides is 1. The predicted octanol–water partition coefficient (Wildman–Crippen LogP) is 5.36. The van der Waals surface area contributed by atoms with Crippen LogP contribution in [-0.4, -0.2) is 57.6 Å². The van der Waals surface area contributed by atoms with Gasteiger partial charge in [-0.05, 0) is 48.4 Å². The highest BCUT2D eigenvalue weighted by molar-refractivity contribution is 6.34. The number of hydrogen-bond donors (Lipinski definition) is 0. The Labute approximate surface area is 205 Å². The SMILES string of the molecule is CC(=O)c1ccn(C(=O)N2CCC3(CCN(Cc4cccc(-c5ccccc5)c4Cl)C3)CC2)n1. The van der Waals surface area contributed by atoms with Gasteiger partial charge in [0.2, 0.25) is 0 Å². The molecule has 0 bridgehead atoms. The van der Waals surface area contributed by atoms with Gasteiger partial charge in [0.15, 0.2) is 5.78 Å². The van der Waals surface area contributed by atoms with Crippen molar-refractivity contribution in [3.05, 3.63) is 77.1 Å². The molecule has 0 N–H and O–H groups in total. The first-order chi connectivity index (χ1) is 16.4. The first-order valence-electron chi connectivity index (χ1n) is 11.9. The highest BCUT2D eigenvalue weighted by atomic mass is 35.5. The number of hydrogen-bond acceptors (Lipinski definition) is 4. The third kappa shape index (κ3) is 4.52. The van der Waals surface area contributed by atoms with Crippen LogP contribution in [0, 0.1) is 5.41 Å². The van der Waals surface area contributed by atoms with Crippen molar-refractivity contribution in [2.75, 3.05) is 26.2 Å². The number of likely N-dealkylation sites (tertiary alicyclic amines) is 2. The number of ketones is 1. The lowest BCUT2D eigenvalue weighted by atomic mass is 9.78. The van der Waals surface area contributed by atoms with Crippen LogP contribution in [0.4, 0.5) is 4.79 Å². The van der Waals surface area contributed by atoms with Crippen LogP contribution in [-0.2, 0) is 6.54 Å². The first-order valence-corrected chi connectivity index (χ1v) is 12.2. The summed E-state index contributed by atoms with van der Waals surface area (Å²) in [7, 11) is 0. The molecule has 0 aliphatic carbocycles. The summed E-state index contributed by atoms with van der Waals surface area (Å²) in [5.41, 5.74) is 3.94. The molecule has 0 unspecified atom stereocenters. The number of benzene rings is 2. The molecule has 1 aromatic heterocycles. The minimum atomic E-state index is -0.151. The van der Waals surface area contributed by atoms with Crippen LogP contribution in [0.15, 0.2) is 60.8 Å². The fraction of sp³-hybridized carbons (Fsp3) is 0.370. The third-order valence-corrected chi connectivity index (χ3v) is 7.76. The van der Waals surface area contributed by atoms with E-state index in [0.717, 1.165) is 60.6 Å². The molecule has 2 aliphatic rings. The largest absolute Gasteiger partial charge is 0.344 e. The van der Waals surface area contributed by atoms with E-state index in [2.05, 4.69) is 40.3 Å². The van der Waals surface area contributed by atoms with E-state index < -0.39 is 0 Å². The molecule has 0 atom stereocenters. The van der Waals surface area contributed by atoms with Gasteiger partial charge in [0.05, 0.1) is 5.02 Å². The van der Waals surface area contributed by atoms with Gasteiger partial charge in [0.25, 0.3) is 0 Å². The van der Waals surface area contributed by atoms with Gasteiger partial charge >= 0.3 is 6.03 Å². The standard InChI is InChI=1S/C27H29ClN4O2/c1-20(33)24-10-14-32(29-24)26(34)31-16-12-27(13-17-31)11-15-30(19-27)18-22-8-5-9-23(25(22)28)21-6-3-2-4-7-21/h2-10,14H,11-13,15-19H2,1H3. The highest BCUT2D eigenvalue weighted by Gasteiger charge is 2.41. The molecule has 7 heteroatoms. The van der Waals surface area contributed by atoms with Crippen LogP contribution in [0.2, 0.25) is 5.02 Å². The predicted molar refractivity (Wildman–Crippen MR) is 133 cm³/mol. The second-order valence-corrected chi connectivity index (χ2v) is 9.95. The minimum Gasteiger partial charge on any atom is -0.323 e. The van der Waals surface area contributed by atoms with Crippen molar-refractivity contribution in [3.63, 3.8) is 0 Å². The molecular weight excluding hydrogens is 448 g/mol. The van der Waals surface area contributed by atoms with Crippen molar-refractivity contribution in [2.45, 2.75) is 32.7 Å².